The Hall–Kier alpha value is -1.19. The predicted molar refractivity (Wildman–Crippen MR) is 95.1 cm³/mol. The van der Waals surface area contributed by atoms with Gasteiger partial charge < -0.3 is 15.4 Å². The van der Waals surface area contributed by atoms with E-state index < -0.39 is 10.0 Å². The highest BCUT2D eigenvalue weighted by atomic mass is 35.5. The van der Waals surface area contributed by atoms with Crippen molar-refractivity contribution in [3.05, 3.63) is 24.3 Å². The summed E-state index contributed by atoms with van der Waals surface area (Å²) in [5, 5.41) is 5.72. The molecular weight excluding hydrogens is 354 g/mol. The summed E-state index contributed by atoms with van der Waals surface area (Å²) in [5.74, 6) is -0.124. The Morgan fingerprint density at radius 1 is 1.29 bits per heavy atom. The normalized spacial score (nSPS) is 15.5. The topological polar surface area (TPSA) is 87.7 Å². The average molecular weight is 378 g/mol. The van der Waals surface area contributed by atoms with Crippen LogP contribution in [0.5, 0.6) is 0 Å². The summed E-state index contributed by atoms with van der Waals surface area (Å²) in [6, 6.07) is 6.37. The fourth-order valence-corrected chi connectivity index (χ4v) is 3.77. The van der Waals surface area contributed by atoms with Gasteiger partial charge in [0, 0.05) is 25.2 Å². The van der Waals surface area contributed by atoms with E-state index in [1.165, 1.54) is 10.4 Å². The van der Waals surface area contributed by atoms with Crippen molar-refractivity contribution >= 4 is 34.0 Å². The molecule has 0 saturated carbocycles. The fourth-order valence-electron chi connectivity index (χ4n) is 2.32. The number of carbonyl (C=O) groups is 1. The van der Waals surface area contributed by atoms with E-state index in [-0.39, 0.29) is 23.2 Å². The smallest absolute Gasteiger partial charge is 0.243 e. The minimum Gasteiger partial charge on any atom is -0.379 e. The number of ether oxygens (including phenoxy) is 1. The van der Waals surface area contributed by atoms with E-state index in [1.54, 1.807) is 18.2 Å². The van der Waals surface area contributed by atoms with Crippen LogP contribution in [0.2, 0.25) is 0 Å². The van der Waals surface area contributed by atoms with Crippen LogP contribution in [0.4, 0.5) is 5.69 Å². The second-order valence-corrected chi connectivity index (χ2v) is 7.24. The van der Waals surface area contributed by atoms with E-state index >= 15 is 0 Å². The van der Waals surface area contributed by atoms with Crippen LogP contribution >= 0.6 is 12.4 Å². The lowest BCUT2D eigenvalue weighted by molar-refractivity contribution is -0.116. The van der Waals surface area contributed by atoms with Gasteiger partial charge in [0.25, 0.3) is 0 Å². The van der Waals surface area contributed by atoms with Gasteiger partial charge in [-0.05, 0) is 38.2 Å². The minimum atomic E-state index is -3.55. The number of anilines is 1. The average Bonchev–Trinajstić information content (AvgIpc) is 2.56. The van der Waals surface area contributed by atoms with Crippen LogP contribution in [-0.4, -0.2) is 58.5 Å². The summed E-state index contributed by atoms with van der Waals surface area (Å²) >= 11 is 0. The van der Waals surface area contributed by atoms with E-state index in [4.69, 9.17) is 4.74 Å². The number of morpholine rings is 1. The molecule has 9 heteroatoms. The summed E-state index contributed by atoms with van der Waals surface area (Å²) in [5.41, 5.74) is 0.494. The van der Waals surface area contributed by atoms with Crippen molar-refractivity contribution in [3.63, 3.8) is 0 Å². The molecule has 136 valence electrons. The first kappa shape index (κ1) is 20.9. The second kappa shape index (κ2) is 9.95. The number of hydrogen-bond donors (Lipinski definition) is 2. The van der Waals surface area contributed by atoms with Gasteiger partial charge in [-0.15, -0.1) is 12.4 Å². The molecule has 0 spiro atoms. The lowest BCUT2D eigenvalue weighted by atomic mass is 10.2. The molecule has 1 saturated heterocycles. The Balaban J connectivity index is 0.00000288. The number of nitrogens with zero attached hydrogens (tertiary/aromatic N) is 1. The molecule has 0 atom stereocenters. The summed E-state index contributed by atoms with van der Waals surface area (Å²) in [4.78, 5) is 12.0. The van der Waals surface area contributed by atoms with Crippen molar-refractivity contribution < 1.29 is 17.9 Å². The summed E-state index contributed by atoms with van der Waals surface area (Å²) in [6.45, 7) is 2.27. The molecule has 2 rings (SSSR count). The lowest BCUT2D eigenvalue weighted by Gasteiger charge is -2.26. The fraction of sp³-hybridized carbons (Fsp3) is 0.533. The number of hydrogen-bond acceptors (Lipinski definition) is 5. The number of rotatable bonds is 7. The first-order chi connectivity index (χ1) is 11.0. The number of amides is 1. The molecule has 0 radical (unpaired) electrons. The highest BCUT2D eigenvalue weighted by Crippen LogP contribution is 2.20. The van der Waals surface area contributed by atoms with Gasteiger partial charge in [-0.1, -0.05) is 6.07 Å². The third-order valence-electron chi connectivity index (χ3n) is 3.56. The number of nitrogens with one attached hydrogen (secondary N) is 2. The number of halogens is 1. The van der Waals surface area contributed by atoms with E-state index in [9.17, 15) is 13.2 Å². The maximum atomic E-state index is 12.6. The van der Waals surface area contributed by atoms with E-state index in [1.807, 2.05) is 7.05 Å². The molecule has 0 aliphatic carbocycles. The van der Waals surface area contributed by atoms with Crippen molar-refractivity contribution in [1.29, 1.82) is 0 Å². The number of sulfonamides is 1. The zero-order valence-corrected chi connectivity index (χ0v) is 15.3. The maximum absolute atomic E-state index is 12.6. The van der Waals surface area contributed by atoms with Crippen LogP contribution in [0.3, 0.4) is 0 Å². The molecule has 0 aromatic heterocycles. The third kappa shape index (κ3) is 5.71. The maximum Gasteiger partial charge on any atom is 0.243 e. The number of benzene rings is 1. The number of carbonyl (C=O) groups excluding carboxylic acids is 1. The van der Waals surface area contributed by atoms with Crippen LogP contribution in [0.1, 0.15) is 12.8 Å². The van der Waals surface area contributed by atoms with Gasteiger partial charge in [0.2, 0.25) is 15.9 Å². The highest BCUT2D eigenvalue weighted by Gasteiger charge is 2.26. The summed E-state index contributed by atoms with van der Waals surface area (Å²) in [6.07, 6.45) is 1.12. The van der Waals surface area contributed by atoms with Crippen LogP contribution in [0, 0.1) is 0 Å². The third-order valence-corrected chi connectivity index (χ3v) is 5.45. The lowest BCUT2D eigenvalue weighted by Crippen LogP contribution is -2.40. The second-order valence-electron chi connectivity index (χ2n) is 5.30. The van der Waals surface area contributed by atoms with Crippen molar-refractivity contribution in [3.8, 4) is 0 Å². The van der Waals surface area contributed by atoms with Crippen LogP contribution < -0.4 is 10.6 Å². The van der Waals surface area contributed by atoms with E-state index in [0.29, 0.717) is 38.4 Å². The van der Waals surface area contributed by atoms with Gasteiger partial charge in [-0.3, -0.25) is 4.79 Å². The largest absolute Gasteiger partial charge is 0.379 e. The zero-order valence-electron chi connectivity index (χ0n) is 13.7. The van der Waals surface area contributed by atoms with Gasteiger partial charge in [0.15, 0.2) is 0 Å². The van der Waals surface area contributed by atoms with Gasteiger partial charge in [0.05, 0.1) is 18.1 Å². The van der Waals surface area contributed by atoms with Crippen LogP contribution in [0.25, 0.3) is 0 Å². The Bertz CT molecular complexity index is 633. The molecule has 1 aliphatic heterocycles. The van der Waals surface area contributed by atoms with Crippen molar-refractivity contribution in [2.75, 3.05) is 45.2 Å². The van der Waals surface area contributed by atoms with Crippen molar-refractivity contribution in [2.24, 2.45) is 0 Å². The first-order valence-electron chi connectivity index (χ1n) is 7.66. The quantitative estimate of drug-likeness (QED) is 0.694. The molecule has 1 amide bonds. The van der Waals surface area contributed by atoms with Crippen molar-refractivity contribution in [2.45, 2.75) is 17.7 Å². The molecule has 1 heterocycles. The van der Waals surface area contributed by atoms with Gasteiger partial charge in [-0.25, -0.2) is 8.42 Å². The highest BCUT2D eigenvalue weighted by molar-refractivity contribution is 7.89. The molecule has 1 fully saturated rings. The molecule has 0 bridgehead atoms. The Labute approximate surface area is 149 Å². The molecule has 24 heavy (non-hydrogen) atoms. The minimum absolute atomic E-state index is 0. The van der Waals surface area contributed by atoms with Crippen molar-refractivity contribution in [1.82, 2.24) is 9.62 Å². The van der Waals surface area contributed by atoms with E-state index in [0.717, 1.165) is 13.0 Å². The van der Waals surface area contributed by atoms with Gasteiger partial charge >= 0.3 is 0 Å². The Morgan fingerprint density at radius 2 is 2.00 bits per heavy atom. The monoisotopic (exact) mass is 377 g/mol. The SMILES string of the molecule is CNCCCC(=O)Nc1cccc(S(=O)(=O)N2CCOCC2)c1.Cl. The summed E-state index contributed by atoms with van der Waals surface area (Å²) in [7, 11) is -1.72. The molecule has 1 aromatic carbocycles. The predicted octanol–water partition coefficient (Wildman–Crippen LogP) is 1.07. The Kier molecular flexibility index (Phi) is 8.65. The molecule has 2 N–H and O–H groups in total. The zero-order chi connectivity index (χ0) is 16.7. The molecular formula is C15H24ClN3O4S. The molecule has 7 nitrogen and oxygen atoms in total. The standard InChI is InChI=1S/C15H23N3O4S.ClH/c1-16-7-3-6-15(19)17-13-4-2-5-14(12-13)23(20,21)18-8-10-22-11-9-18;/h2,4-5,12,16H,3,6-11H2,1H3,(H,17,19);1H. The summed E-state index contributed by atoms with van der Waals surface area (Å²) < 4.78 is 31.8. The van der Waals surface area contributed by atoms with Gasteiger partial charge in [-0.2, -0.15) is 4.31 Å². The van der Waals surface area contributed by atoms with Gasteiger partial charge in [0.1, 0.15) is 0 Å². The molecule has 0 unspecified atom stereocenters. The molecule has 1 aliphatic rings. The molecule has 1 aromatic rings. The van der Waals surface area contributed by atoms with Crippen LogP contribution in [0.15, 0.2) is 29.2 Å². The van der Waals surface area contributed by atoms with Crippen LogP contribution in [-0.2, 0) is 19.6 Å². The Morgan fingerprint density at radius 3 is 2.67 bits per heavy atom. The van der Waals surface area contributed by atoms with E-state index in [2.05, 4.69) is 10.6 Å². The first-order valence-corrected chi connectivity index (χ1v) is 9.10.